The van der Waals surface area contributed by atoms with Crippen molar-refractivity contribution in [2.24, 2.45) is 5.16 Å². The van der Waals surface area contributed by atoms with Gasteiger partial charge in [0.05, 0.1) is 5.71 Å². The van der Waals surface area contributed by atoms with Crippen molar-refractivity contribution < 1.29 is 5.21 Å². The van der Waals surface area contributed by atoms with Crippen LogP contribution in [0.5, 0.6) is 0 Å². The Morgan fingerprint density at radius 1 is 0.952 bits per heavy atom. The minimum absolute atomic E-state index is 0.940. The number of nitrogens with zero attached hydrogens (tertiary/aromatic N) is 3. The molecule has 0 radical (unpaired) electrons. The molecule has 0 amide bonds. The molecule has 4 heteroatoms. The molecule has 1 aliphatic rings. The summed E-state index contributed by atoms with van der Waals surface area (Å²) in [6.45, 7) is 11.7. The third kappa shape index (κ3) is 8.42. The zero-order chi connectivity index (χ0) is 15.3. The summed E-state index contributed by atoms with van der Waals surface area (Å²) in [5.41, 5.74) is 0.969. The smallest absolute Gasteiger partial charge is 0.0596 e. The van der Waals surface area contributed by atoms with Gasteiger partial charge in [-0.2, -0.15) is 0 Å². The summed E-state index contributed by atoms with van der Waals surface area (Å²) in [5, 5.41) is 12.1. The first-order valence-corrected chi connectivity index (χ1v) is 8.94. The van der Waals surface area contributed by atoms with Crippen LogP contribution in [-0.4, -0.2) is 60.0 Å². The summed E-state index contributed by atoms with van der Waals surface area (Å²) in [6.07, 6.45) is 9.74. The monoisotopic (exact) mass is 297 g/mol. The highest BCUT2D eigenvalue weighted by Gasteiger charge is 2.14. The van der Waals surface area contributed by atoms with Crippen LogP contribution in [0.2, 0.25) is 0 Å². The van der Waals surface area contributed by atoms with Gasteiger partial charge >= 0.3 is 0 Å². The van der Waals surface area contributed by atoms with E-state index in [1.807, 2.05) is 0 Å². The van der Waals surface area contributed by atoms with Gasteiger partial charge in [0.25, 0.3) is 0 Å². The van der Waals surface area contributed by atoms with Gasteiger partial charge in [-0.05, 0) is 51.9 Å². The number of likely N-dealkylation sites (tertiary alicyclic amines) is 1. The van der Waals surface area contributed by atoms with Crippen LogP contribution in [0.4, 0.5) is 0 Å². The van der Waals surface area contributed by atoms with Crippen LogP contribution in [0.1, 0.15) is 65.2 Å². The van der Waals surface area contributed by atoms with E-state index in [0.29, 0.717) is 0 Å². The van der Waals surface area contributed by atoms with Gasteiger partial charge in [0.2, 0.25) is 0 Å². The predicted octanol–water partition coefficient (Wildman–Crippen LogP) is 3.59. The van der Waals surface area contributed by atoms with E-state index in [0.717, 1.165) is 31.6 Å². The van der Waals surface area contributed by atoms with Crippen LogP contribution in [0, 0.1) is 0 Å². The summed E-state index contributed by atoms with van der Waals surface area (Å²) in [5.74, 6) is 0. The van der Waals surface area contributed by atoms with Gasteiger partial charge < -0.3 is 15.0 Å². The van der Waals surface area contributed by atoms with Crippen LogP contribution in [0.25, 0.3) is 0 Å². The zero-order valence-electron chi connectivity index (χ0n) is 14.2. The van der Waals surface area contributed by atoms with E-state index in [-0.39, 0.29) is 0 Å². The topological polar surface area (TPSA) is 39.1 Å². The minimum atomic E-state index is 0.940. The first kappa shape index (κ1) is 18.4. The first-order chi connectivity index (χ1) is 10.3. The van der Waals surface area contributed by atoms with Crippen molar-refractivity contribution in [2.45, 2.75) is 65.2 Å². The van der Waals surface area contributed by atoms with Crippen LogP contribution < -0.4 is 0 Å². The van der Waals surface area contributed by atoms with Crippen LogP contribution in [-0.2, 0) is 0 Å². The maximum Gasteiger partial charge on any atom is 0.0596 e. The molecule has 0 aromatic carbocycles. The Balaban J connectivity index is 2.09. The Labute approximate surface area is 131 Å². The molecule has 0 saturated carbocycles. The molecule has 0 spiro atoms. The van der Waals surface area contributed by atoms with Crippen molar-refractivity contribution in [2.75, 3.05) is 39.3 Å². The zero-order valence-corrected chi connectivity index (χ0v) is 14.2. The predicted molar refractivity (Wildman–Crippen MR) is 90.4 cm³/mol. The molecule has 1 saturated heterocycles. The van der Waals surface area contributed by atoms with E-state index >= 15 is 0 Å². The molecular formula is C17H35N3O. The fraction of sp³-hybridized carbons (Fsp3) is 0.941. The maximum absolute atomic E-state index is 8.76. The minimum Gasteiger partial charge on any atom is -0.411 e. The quantitative estimate of drug-likeness (QED) is 0.360. The average molecular weight is 297 g/mol. The molecule has 0 unspecified atom stereocenters. The molecule has 1 N–H and O–H groups in total. The highest BCUT2D eigenvalue weighted by Crippen LogP contribution is 2.09. The fourth-order valence-corrected chi connectivity index (χ4v) is 2.90. The van der Waals surface area contributed by atoms with Crippen molar-refractivity contribution in [3.05, 3.63) is 0 Å². The van der Waals surface area contributed by atoms with E-state index in [1.54, 1.807) is 0 Å². The van der Waals surface area contributed by atoms with Gasteiger partial charge in [0.15, 0.2) is 0 Å². The Bertz CT molecular complexity index is 263. The van der Waals surface area contributed by atoms with E-state index in [2.05, 4.69) is 28.8 Å². The molecule has 1 rings (SSSR count). The Morgan fingerprint density at radius 2 is 1.52 bits per heavy atom. The van der Waals surface area contributed by atoms with Crippen molar-refractivity contribution in [1.29, 1.82) is 0 Å². The largest absolute Gasteiger partial charge is 0.411 e. The lowest BCUT2D eigenvalue weighted by Gasteiger charge is -2.27. The summed E-state index contributed by atoms with van der Waals surface area (Å²) in [7, 11) is 0. The molecule has 1 heterocycles. The number of hydrogen-bond acceptors (Lipinski definition) is 4. The van der Waals surface area contributed by atoms with Crippen LogP contribution in [0.15, 0.2) is 5.16 Å². The van der Waals surface area contributed by atoms with E-state index in [1.165, 1.54) is 64.7 Å². The van der Waals surface area contributed by atoms with E-state index < -0.39 is 0 Å². The average Bonchev–Trinajstić information content (AvgIpc) is 2.53. The second-order valence-electron chi connectivity index (χ2n) is 6.26. The Kier molecular flexibility index (Phi) is 10.5. The number of rotatable bonds is 11. The lowest BCUT2D eigenvalue weighted by atomic mass is 10.1. The molecule has 0 bridgehead atoms. The molecule has 0 aromatic rings. The molecule has 0 aromatic heterocycles. The first-order valence-electron chi connectivity index (χ1n) is 8.94. The summed E-state index contributed by atoms with van der Waals surface area (Å²) in [4.78, 5) is 5.16. The highest BCUT2D eigenvalue weighted by molar-refractivity contribution is 5.84. The van der Waals surface area contributed by atoms with Crippen LogP contribution >= 0.6 is 0 Å². The fourth-order valence-electron chi connectivity index (χ4n) is 2.90. The van der Waals surface area contributed by atoms with Crippen molar-refractivity contribution in [1.82, 2.24) is 9.80 Å². The van der Waals surface area contributed by atoms with E-state index in [9.17, 15) is 0 Å². The summed E-state index contributed by atoms with van der Waals surface area (Å²) >= 11 is 0. The van der Waals surface area contributed by atoms with Gasteiger partial charge in [-0.25, -0.2) is 0 Å². The van der Waals surface area contributed by atoms with Gasteiger partial charge in [0, 0.05) is 25.9 Å². The highest BCUT2D eigenvalue weighted by atomic mass is 16.4. The van der Waals surface area contributed by atoms with Crippen molar-refractivity contribution >= 4 is 5.71 Å². The lowest BCUT2D eigenvalue weighted by Crippen LogP contribution is -2.35. The normalized spacial score (nSPS) is 16.6. The number of unbranched alkanes of at least 4 members (excludes halogenated alkanes) is 3. The van der Waals surface area contributed by atoms with Crippen molar-refractivity contribution in [3.63, 3.8) is 0 Å². The molecule has 1 aliphatic heterocycles. The van der Waals surface area contributed by atoms with Gasteiger partial charge in [-0.3, -0.25) is 0 Å². The Hall–Kier alpha value is -0.610. The number of oxime groups is 1. The second-order valence-corrected chi connectivity index (χ2v) is 6.26. The van der Waals surface area contributed by atoms with Gasteiger partial charge in [-0.15, -0.1) is 0 Å². The van der Waals surface area contributed by atoms with Crippen molar-refractivity contribution in [3.8, 4) is 0 Å². The second kappa shape index (κ2) is 12.0. The molecule has 0 aliphatic carbocycles. The Morgan fingerprint density at radius 3 is 2.05 bits per heavy atom. The summed E-state index contributed by atoms with van der Waals surface area (Å²) in [6, 6.07) is 0. The SMILES string of the molecule is CCCCN(CCCC)CCCCN1CCC(=NO)CC1. The summed E-state index contributed by atoms with van der Waals surface area (Å²) < 4.78 is 0. The third-order valence-corrected chi connectivity index (χ3v) is 4.43. The van der Waals surface area contributed by atoms with E-state index in [4.69, 9.17) is 5.21 Å². The molecule has 124 valence electrons. The van der Waals surface area contributed by atoms with Gasteiger partial charge in [0.1, 0.15) is 0 Å². The van der Waals surface area contributed by atoms with Gasteiger partial charge in [-0.1, -0.05) is 31.8 Å². The molecule has 4 nitrogen and oxygen atoms in total. The molecule has 21 heavy (non-hydrogen) atoms. The molecule has 0 atom stereocenters. The van der Waals surface area contributed by atoms with Crippen LogP contribution in [0.3, 0.4) is 0 Å². The number of piperidine rings is 1. The maximum atomic E-state index is 8.76. The third-order valence-electron chi connectivity index (χ3n) is 4.43. The molecule has 1 fully saturated rings. The lowest BCUT2D eigenvalue weighted by molar-refractivity contribution is 0.234. The standard InChI is InChI=1S/C17H35N3O/c1-3-5-11-19(12-6-4-2)13-7-8-14-20-15-9-17(18-21)10-16-20/h21H,3-16H2,1-2H3. The number of hydrogen-bond donors (Lipinski definition) is 1. The molecular weight excluding hydrogens is 262 g/mol.